The minimum atomic E-state index is -2.92. The lowest BCUT2D eigenvalue weighted by Crippen LogP contribution is -2.57. The number of benzene rings is 2. The first-order chi connectivity index (χ1) is 11.0. The molecule has 0 saturated carbocycles. The molecule has 1 saturated heterocycles. The minimum Gasteiger partial charge on any atom is -0.289 e. The molecule has 2 atom stereocenters. The van der Waals surface area contributed by atoms with E-state index in [1.807, 2.05) is 12.1 Å². The molecule has 1 fully saturated rings. The Balaban J connectivity index is 1.87. The topological polar surface area (TPSA) is 37.4 Å². The number of nitrogens with zero attached hydrogens (tertiary/aromatic N) is 1. The van der Waals surface area contributed by atoms with E-state index < -0.39 is 9.84 Å². The van der Waals surface area contributed by atoms with Gasteiger partial charge in [-0.15, -0.1) is 0 Å². The highest BCUT2D eigenvalue weighted by molar-refractivity contribution is 7.90. The quantitative estimate of drug-likeness (QED) is 0.846. The van der Waals surface area contributed by atoms with Crippen LogP contribution in [0.4, 0.5) is 0 Å². The minimum absolute atomic E-state index is 0.184. The SMILES string of the molecule is C[C@H]1[C@@H](CS(C)(=O)=O)CN1C(c1ccccc1)c1ccccc1. The summed E-state index contributed by atoms with van der Waals surface area (Å²) in [6.45, 7) is 2.96. The molecule has 0 bridgehead atoms. The van der Waals surface area contributed by atoms with E-state index in [1.54, 1.807) is 0 Å². The maximum atomic E-state index is 11.6. The Labute approximate surface area is 138 Å². The summed E-state index contributed by atoms with van der Waals surface area (Å²) in [6, 6.07) is 21.3. The molecule has 0 unspecified atom stereocenters. The number of sulfone groups is 1. The third-order valence-electron chi connectivity index (χ3n) is 4.73. The van der Waals surface area contributed by atoms with Crippen molar-refractivity contribution in [1.29, 1.82) is 0 Å². The third kappa shape index (κ3) is 3.65. The van der Waals surface area contributed by atoms with Gasteiger partial charge >= 0.3 is 0 Å². The molecule has 0 N–H and O–H groups in total. The molecule has 3 rings (SSSR count). The molecule has 1 heterocycles. The summed E-state index contributed by atoms with van der Waals surface area (Å²) < 4.78 is 23.2. The van der Waals surface area contributed by atoms with E-state index in [4.69, 9.17) is 0 Å². The molecule has 23 heavy (non-hydrogen) atoms. The normalized spacial score (nSPS) is 22.0. The van der Waals surface area contributed by atoms with Crippen molar-refractivity contribution in [2.24, 2.45) is 5.92 Å². The van der Waals surface area contributed by atoms with Crippen molar-refractivity contribution >= 4 is 9.84 Å². The van der Waals surface area contributed by atoms with Crippen molar-refractivity contribution in [3.05, 3.63) is 71.8 Å². The Kier molecular flexibility index (Phi) is 4.55. The van der Waals surface area contributed by atoms with Gasteiger partial charge in [0.1, 0.15) is 9.84 Å². The van der Waals surface area contributed by atoms with Gasteiger partial charge in [-0.3, -0.25) is 4.90 Å². The van der Waals surface area contributed by atoms with Crippen LogP contribution in [0, 0.1) is 5.92 Å². The van der Waals surface area contributed by atoms with E-state index >= 15 is 0 Å². The summed E-state index contributed by atoms with van der Waals surface area (Å²) in [7, 11) is -2.92. The van der Waals surface area contributed by atoms with Gasteiger partial charge in [0.25, 0.3) is 0 Å². The number of likely N-dealkylation sites (tertiary alicyclic amines) is 1. The number of rotatable bonds is 5. The smallest absolute Gasteiger partial charge is 0.147 e. The van der Waals surface area contributed by atoms with Crippen LogP contribution in [0.1, 0.15) is 24.1 Å². The Morgan fingerprint density at radius 2 is 1.48 bits per heavy atom. The average molecular weight is 329 g/mol. The van der Waals surface area contributed by atoms with Crippen molar-refractivity contribution in [3.63, 3.8) is 0 Å². The summed E-state index contributed by atoms with van der Waals surface area (Å²) in [5.74, 6) is 0.501. The Hall–Kier alpha value is -1.65. The predicted molar refractivity (Wildman–Crippen MR) is 94.1 cm³/mol. The van der Waals surface area contributed by atoms with Crippen LogP contribution in [0.25, 0.3) is 0 Å². The molecule has 0 aromatic heterocycles. The molecule has 2 aromatic carbocycles. The number of hydrogen-bond donors (Lipinski definition) is 0. The second-order valence-corrected chi connectivity index (χ2v) is 8.70. The van der Waals surface area contributed by atoms with E-state index in [2.05, 4.69) is 60.4 Å². The van der Waals surface area contributed by atoms with Gasteiger partial charge in [0, 0.05) is 24.8 Å². The van der Waals surface area contributed by atoms with Crippen molar-refractivity contribution < 1.29 is 8.42 Å². The van der Waals surface area contributed by atoms with Crippen LogP contribution in [0.2, 0.25) is 0 Å². The Morgan fingerprint density at radius 3 is 1.87 bits per heavy atom. The summed E-state index contributed by atoms with van der Waals surface area (Å²) in [6.07, 6.45) is 1.33. The van der Waals surface area contributed by atoms with Gasteiger partial charge in [0.05, 0.1) is 11.8 Å². The van der Waals surface area contributed by atoms with Gasteiger partial charge in [-0.1, -0.05) is 60.7 Å². The molecule has 0 spiro atoms. The lowest BCUT2D eigenvalue weighted by molar-refractivity contribution is 0.0118. The zero-order chi connectivity index (χ0) is 16.4. The fourth-order valence-corrected chi connectivity index (χ4v) is 4.65. The molecule has 1 aliphatic rings. The highest BCUT2D eigenvalue weighted by Crippen LogP contribution is 2.38. The van der Waals surface area contributed by atoms with Crippen LogP contribution in [0.15, 0.2) is 60.7 Å². The zero-order valence-corrected chi connectivity index (χ0v) is 14.4. The highest BCUT2D eigenvalue weighted by Gasteiger charge is 2.41. The summed E-state index contributed by atoms with van der Waals surface area (Å²) >= 11 is 0. The van der Waals surface area contributed by atoms with Gasteiger partial charge in [-0.25, -0.2) is 8.42 Å². The maximum Gasteiger partial charge on any atom is 0.147 e. The predicted octanol–water partition coefficient (Wildman–Crippen LogP) is 3.14. The zero-order valence-electron chi connectivity index (χ0n) is 13.6. The summed E-state index contributed by atoms with van der Waals surface area (Å²) in [4.78, 5) is 2.40. The van der Waals surface area contributed by atoms with E-state index in [-0.39, 0.29) is 23.8 Å². The lowest BCUT2D eigenvalue weighted by Gasteiger charge is -2.50. The molecular formula is C19H23NO2S. The monoisotopic (exact) mass is 329 g/mol. The molecule has 3 nitrogen and oxygen atoms in total. The second-order valence-electron chi connectivity index (χ2n) is 6.51. The molecule has 1 aliphatic heterocycles. The van der Waals surface area contributed by atoms with Gasteiger partial charge < -0.3 is 0 Å². The molecule has 122 valence electrons. The van der Waals surface area contributed by atoms with Crippen LogP contribution < -0.4 is 0 Å². The average Bonchev–Trinajstić information content (AvgIpc) is 2.54. The summed E-state index contributed by atoms with van der Waals surface area (Å²) in [5, 5.41) is 0. The van der Waals surface area contributed by atoms with Crippen molar-refractivity contribution in [2.75, 3.05) is 18.6 Å². The third-order valence-corrected chi connectivity index (χ3v) is 5.76. The maximum absolute atomic E-state index is 11.6. The van der Waals surface area contributed by atoms with E-state index in [1.165, 1.54) is 17.4 Å². The van der Waals surface area contributed by atoms with E-state index in [0.29, 0.717) is 0 Å². The van der Waals surface area contributed by atoms with Crippen LogP contribution in [0.5, 0.6) is 0 Å². The van der Waals surface area contributed by atoms with Crippen LogP contribution in [0.3, 0.4) is 0 Å². The molecule has 4 heteroatoms. The van der Waals surface area contributed by atoms with Crippen LogP contribution in [-0.2, 0) is 9.84 Å². The molecular weight excluding hydrogens is 306 g/mol. The first-order valence-electron chi connectivity index (χ1n) is 7.99. The first kappa shape index (κ1) is 16.2. The first-order valence-corrected chi connectivity index (χ1v) is 10.0. The molecule has 2 aromatic rings. The van der Waals surface area contributed by atoms with Crippen LogP contribution >= 0.6 is 0 Å². The van der Waals surface area contributed by atoms with Crippen LogP contribution in [-0.4, -0.2) is 37.9 Å². The van der Waals surface area contributed by atoms with Gasteiger partial charge in [-0.2, -0.15) is 0 Å². The van der Waals surface area contributed by atoms with Gasteiger partial charge in [-0.05, 0) is 18.1 Å². The Bertz CT molecular complexity index is 704. The van der Waals surface area contributed by atoms with Crippen molar-refractivity contribution in [2.45, 2.75) is 19.0 Å². The fourth-order valence-electron chi connectivity index (χ4n) is 3.49. The van der Waals surface area contributed by atoms with Gasteiger partial charge in [0.2, 0.25) is 0 Å². The standard InChI is InChI=1S/C19H23NO2S/c1-15-18(14-23(2,21)22)13-20(15)19(16-9-5-3-6-10-16)17-11-7-4-8-12-17/h3-12,15,18-19H,13-14H2,1-2H3/t15-,18+/m0/s1. The highest BCUT2D eigenvalue weighted by atomic mass is 32.2. The fraction of sp³-hybridized carbons (Fsp3) is 0.368. The number of hydrogen-bond acceptors (Lipinski definition) is 3. The molecule has 0 amide bonds. The van der Waals surface area contributed by atoms with E-state index in [9.17, 15) is 8.42 Å². The van der Waals surface area contributed by atoms with Gasteiger partial charge in [0.15, 0.2) is 0 Å². The summed E-state index contributed by atoms with van der Waals surface area (Å²) in [5.41, 5.74) is 2.51. The molecule has 0 aliphatic carbocycles. The molecule has 0 radical (unpaired) electrons. The Morgan fingerprint density at radius 1 is 1.00 bits per heavy atom. The van der Waals surface area contributed by atoms with E-state index in [0.717, 1.165) is 6.54 Å². The second kappa shape index (κ2) is 6.46. The van der Waals surface area contributed by atoms with Crippen molar-refractivity contribution in [1.82, 2.24) is 4.90 Å². The van der Waals surface area contributed by atoms with Crippen molar-refractivity contribution in [3.8, 4) is 0 Å². The lowest BCUT2D eigenvalue weighted by atomic mass is 9.85. The largest absolute Gasteiger partial charge is 0.289 e.